The van der Waals surface area contributed by atoms with Gasteiger partial charge in [-0.2, -0.15) is 0 Å². The monoisotopic (exact) mass is 844 g/mol. The van der Waals surface area contributed by atoms with Crippen LogP contribution in [0.2, 0.25) is 0 Å². The molecule has 0 aliphatic carbocycles. The second-order valence-corrected chi connectivity index (χ2v) is 14.4. The van der Waals surface area contributed by atoms with Crippen LogP contribution in [0.1, 0.15) is 23.6 Å². The minimum absolute atomic E-state index is 0.0164. The van der Waals surface area contributed by atoms with Crippen molar-refractivity contribution in [3.63, 3.8) is 0 Å². The number of benzene rings is 3. The molecule has 0 radical (unpaired) electrons. The molecule has 5 aromatic rings. The van der Waals surface area contributed by atoms with Crippen molar-refractivity contribution in [1.82, 2.24) is 19.8 Å². The van der Waals surface area contributed by atoms with Gasteiger partial charge in [0.05, 0.1) is 13.7 Å². The normalized spacial score (nSPS) is 14.3. The van der Waals surface area contributed by atoms with E-state index in [0.717, 1.165) is 64.5 Å². The summed E-state index contributed by atoms with van der Waals surface area (Å²) < 4.78 is 18.0. The number of carbonyl (C=O) groups is 2. The summed E-state index contributed by atoms with van der Waals surface area (Å²) in [7, 11) is 1.62. The number of anilines is 2. The van der Waals surface area contributed by atoms with Crippen molar-refractivity contribution in [2.24, 2.45) is 0 Å². The first kappa shape index (κ1) is 41.5. The van der Waals surface area contributed by atoms with Gasteiger partial charge >= 0.3 is 0 Å². The number of amides is 2. The number of ether oxygens (including phenoxy) is 3. The highest BCUT2D eigenvalue weighted by Gasteiger charge is 2.21. The van der Waals surface area contributed by atoms with Gasteiger partial charge in [-0.3, -0.25) is 19.6 Å². The first-order valence-electron chi connectivity index (χ1n) is 19.4. The number of piperazine rings is 2. The van der Waals surface area contributed by atoms with E-state index in [1.807, 2.05) is 120 Å². The van der Waals surface area contributed by atoms with Gasteiger partial charge in [-0.15, -0.1) is 0 Å². The third-order valence-electron chi connectivity index (χ3n) is 9.76. The molecule has 0 N–H and O–H groups in total. The van der Waals surface area contributed by atoms with Gasteiger partial charge in [0.15, 0.2) is 11.5 Å². The summed E-state index contributed by atoms with van der Waals surface area (Å²) in [5.41, 5.74) is 5.17. The molecular formula is C46H49BrN6O5. The molecule has 2 saturated heterocycles. The van der Waals surface area contributed by atoms with E-state index in [-0.39, 0.29) is 11.8 Å². The molecule has 0 unspecified atom stereocenters. The first-order chi connectivity index (χ1) is 28.4. The number of aromatic nitrogens is 2. The Hall–Kier alpha value is -6.14. The summed E-state index contributed by atoms with van der Waals surface area (Å²) in [6.07, 6.45) is 14.1. The minimum Gasteiger partial charge on any atom is -0.493 e. The molecule has 4 heterocycles. The number of hydrogen-bond donors (Lipinski definition) is 0. The van der Waals surface area contributed by atoms with Crippen molar-refractivity contribution in [2.75, 3.05) is 75.9 Å². The van der Waals surface area contributed by atoms with Crippen LogP contribution in [0.25, 0.3) is 12.2 Å². The lowest BCUT2D eigenvalue weighted by Crippen LogP contribution is -2.48. The molecule has 12 heteroatoms. The van der Waals surface area contributed by atoms with Crippen LogP contribution < -0.4 is 24.0 Å². The molecule has 2 aromatic heterocycles. The number of methoxy groups -OCH3 is 1. The zero-order valence-electron chi connectivity index (χ0n) is 33.0. The van der Waals surface area contributed by atoms with Crippen LogP contribution in [0.15, 0.2) is 132 Å². The van der Waals surface area contributed by atoms with Gasteiger partial charge in [-0.25, -0.2) is 0 Å². The van der Waals surface area contributed by atoms with Gasteiger partial charge in [0.2, 0.25) is 11.8 Å². The maximum Gasteiger partial charge on any atom is 0.246 e. The number of rotatable bonds is 12. The van der Waals surface area contributed by atoms with Crippen LogP contribution in [-0.2, 0) is 16.2 Å². The maximum absolute atomic E-state index is 12.7. The molecule has 7 rings (SSSR count). The summed E-state index contributed by atoms with van der Waals surface area (Å²) in [4.78, 5) is 41.6. The highest BCUT2D eigenvalue weighted by atomic mass is 79.9. The number of hydrogen-bond acceptors (Lipinski definition) is 9. The standard InChI is InChI=1S/C26H27N3O3.C20H22BrN3O2/c1-31-25-19-21(7-9-24(25)32-20-22-5-3-2-4-6-22)8-10-26(30)29-17-15-28(16-18-29)23-11-13-27-14-12-23;1-2-26-19-5-4-17(21)15-16(19)3-6-20(25)24-13-11-23(12-14-24)18-7-9-22-10-8-18/h2-14,19H,15-18,20H2,1H3;3-10,15H,2,11-14H2,1H3. The van der Waals surface area contributed by atoms with Crippen LogP contribution >= 0.6 is 15.9 Å². The highest BCUT2D eigenvalue weighted by molar-refractivity contribution is 9.10. The second kappa shape index (κ2) is 21.4. The molecule has 0 atom stereocenters. The molecule has 3 aromatic carbocycles. The quantitative estimate of drug-likeness (QED) is 0.117. The van der Waals surface area contributed by atoms with Crippen molar-refractivity contribution in [3.8, 4) is 17.2 Å². The van der Waals surface area contributed by atoms with E-state index >= 15 is 0 Å². The molecule has 0 spiro atoms. The van der Waals surface area contributed by atoms with Crippen LogP contribution in [0, 0.1) is 0 Å². The van der Waals surface area contributed by atoms with E-state index in [4.69, 9.17) is 14.2 Å². The third-order valence-corrected chi connectivity index (χ3v) is 10.3. The second-order valence-electron chi connectivity index (χ2n) is 13.5. The fraction of sp³-hybridized carbons (Fsp3) is 0.261. The van der Waals surface area contributed by atoms with Crippen molar-refractivity contribution < 1.29 is 23.8 Å². The molecule has 2 aliphatic rings. The minimum atomic E-state index is 0.0164. The van der Waals surface area contributed by atoms with Gasteiger partial charge in [-0.05, 0) is 84.8 Å². The van der Waals surface area contributed by atoms with Gasteiger partial charge in [0.25, 0.3) is 0 Å². The Morgan fingerprint density at radius 3 is 1.74 bits per heavy atom. The Balaban J connectivity index is 0.000000200. The van der Waals surface area contributed by atoms with Gasteiger partial charge in [0, 0.05) is 111 Å². The summed E-state index contributed by atoms with van der Waals surface area (Å²) in [6.45, 7) is 9.09. The lowest BCUT2D eigenvalue weighted by Gasteiger charge is -2.35. The van der Waals surface area contributed by atoms with Crippen LogP contribution in [0.5, 0.6) is 17.2 Å². The molecule has 2 fully saturated rings. The Kier molecular flexibility index (Phi) is 15.3. The van der Waals surface area contributed by atoms with Crippen LogP contribution in [0.3, 0.4) is 0 Å². The number of nitrogens with zero attached hydrogens (tertiary/aromatic N) is 6. The van der Waals surface area contributed by atoms with E-state index in [9.17, 15) is 9.59 Å². The van der Waals surface area contributed by atoms with Crippen molar-refractivity contribution >= 4 is 51.3 Å². The third kappa shape index (κ3) is 11.9. The largest absolute Gasteiger partial charge is 0.493 e. The molecule has 0 bridgehead atoms. The Bertz CT molecular complexity index is 2120. The van der Waals surface area contributed by atoms with Gasteiger partial charge in [0.1, 0.15) is 12.4 Å². The van der Waals surface area contributed by atoms with Crippen molar-refractivity contribution in [2.45, 2.75) is 13.5 Å². The predicted octanol–water partition coefficient (Wildman–Crippen LogP) is 7.64. The van der Waals surface area contributed by atoms with Crippen LogP contribution in [0.4, 0.5) is 11.4 Å². The summed E-state index contributed by atoms with van der Waals surface area (Å²) in [5, 5.41) is 0. The predicted molar refractivity (Wildman–Crippen MR) is 233 cm³/mol. The Labute approximate surface area is 349 Å². The smallest absolute Gasteiger partial charge is 0.246 e. The molecule has 2 amide bonds. The van der Waals surface area contributed by atoms with E-state index in [2.05, 4.69) is 35.7 Å². The summed E-state index contributed by atoms with van der Waals surface area (Å²) in [5.74, 6) is 2.14. The molecule has 58 heavy (non-hydrogen) atoms. The average Bonchev–Trinajstić information content (AvgIpc) is 3.29. The SMILES string of the molecule is CCOc1ccc(Br)cc1C=CC(=O)N1CCN(c2ccncc2)CC1.COc1cc(C=CC(=O)N2CCN(c3ccncc3)CC2)ccc1OCc1ccccc1. The zero-order chi connectivity index (χ0) is 40.5. The Morgan fingerprint density at radius 2 is 1.19 bits per heavy atom. The fourth-order valence-corrected chi connectivity index (χ4v) is 6.98. The van der Waals surface area contributed by atoms with E-state index in [1.54, 1.807) is 44.0 Å². The topological polar surface area (TPSA) is 101 Å². The van der Waals surface area contributed by atoms with Crippen molar-refractivity contribution in [1.29, 1.82) is 0 Å². The maximum atomic E-state index is 12.7. The molecule has 2 aliphatic heterocycles. The average molecular weight is 846 g/mol. The summed E-state index contributed by atoms with van der Waals surface area (Å²) in [6, 6.07) is 29.5. The lowest BCUT2D eigenvalue weighted by atomic mass is 10.1. The highest BCUT2D eigenvalue weighted by Crippen LogP contribution is 2.30. The van der Waals surface area contributed by atoms with Gasteiger partial charge in [-0.1, -0.05) is 52.3 Å². The van der Waals surface area contributed by atoms with Crippen molar-refractivity contribution in [3.05, 3.63) is 149 Å². The first-order valence-corrected chi connectivity index (χ1v) is 20.2. The molecule has 11 nitrogen and oxygen atoms in total. The lowest BCUT2D eigenvalue weighted by molar-refractivity contribution is -0.127. The van der Waals surface area contributed by atoms with E-state index < -0.39 is 0 Å². The zero-order valence-corrected chi connectivity index (χ0v) is 34.5. The van der Waals surface area contributed by atoms with E-state index in [1.165, 1.54) is 0 Å². The molecule has 300 valence electrons. The van der Waals surface area contributed by atoms with Gasteiger partial charge < -0.3 is 33.8 Å². The summed E-state index contributed by atoms with van der Waals surface area (Å²) >= 11 is 3.47. The number of carbonyl (C=O) groups excluding carboxylic acids is 2. The number of halogens is 1. The fourth-order valence-electron chi connectivity index (χ4n) is 6.60. The van der Waals surface area contributed by atoms with Crippen LogP contribution in [-0.4, -0.2) is 97.7 Å². The van der Waals surface area contributed by atoms with E-state index in [0.29, 0.717) is 50.9 Å². The molecule has 0 saturated carbocycles. The molecular weight excluding hydrogens is 796 g/mol. The number of pyridine rings is 2. The Morgan fingerprint density at radius 1 is 0.638 bits per heavy atom.